The summed E-state index contributed by atoms with van der Waals surface area (Å²) < 4.78 is 60.3. The number of carbonyl (C=O) groups is 2. The SMILES string of the molecule is CNc1nc(N)nc2c1ncn2[C@@H]1O[C@H](CO[P@](=O)(N[C@@H](C)C(=O)OC(C)C)Oc2ccccc2)[C@@H](OC(=O)Nc2ccccc2)[C@]1(F)Cl. The fraction of sp³-hybridized carbons (Fsp3) is 0.367. The molecule has 0 radical (unpaired) electrons. The number of aromatic nitrogens is 4. The molecule has 1 aliphatic heterocycles. The molecule has 2 aromatic carbocycles. The second-order valence-corrected chi connectivity index (χ2v) is 13.3. The van der Waals surface area contributed by atoms with E-state index in [9.17, 15) is 14.2 Å². The lowest BCUT2D eigenvalue weighted by Crippen LogP contribution is -2.43. The molecule has 3 heterocycles. The van der Waals surface area contributed by atoms with Crippen molar-refractivity contribution < 1.29 is 41.8 Å². The summed E-state index contributed by atoms with van der Waals surface area (Å²) in [7, 11) is -2.87. The van der Waals surface area contributed by atoms with Crippen LogP contribution >= 0.6 is 19.3 Å². The lowest BCUT2D eigenvalue weighted by atomic mass is 10.1. The van der Waals surface area contributed by atoms with Crippen LogP contribution in [0.25, 0.3) is 11.2 Å². The van der Waals surface area contributed by atoms with Crippen molar-refractivity contribution in [3.05, 3.63) is 67.0 Å². The number of halogens is 2. The Kier molecular flexibility index (Phi) is 10.9. The summed E-state index contributed by atoms with van der Waals surface area (Å²) in [6.07, 6.45) is -5.44. The highest BCUT2D eigenvalue weighted by Crippen LogP contribution is 2.50. The molecule has 0 unspecified atom stereocenters. The van der Waals surface area contributed by atoms with Gasteiger partial charge in [-0.3, -0.25) is 19.2 Å². The molecule has 0 bridgehead atoms. The molecule has 0 spiro atoms. The number of alkyl halides is 2. The van der Waals surface area contributed by atoms with E-state index in [1.165, 1.54) is 25.4 Å². The predicted molar refractivity (Wildman–Crippen MR) is 178 cm³/mol. The number of nitrogens with two attached hydrogens (primary N) is 1. The number of rotatable bonds is 13. The van der Waals surface area contributed by atoms with E-state index in [1.807, 2.05) is 0 Å². The minimum absolute atomic E-state index is 0.0517. The topological polar surface area (TPSA) is 203 Å². The number of nitrogens with zero attached hydrogens (tertiary/aromatic N) is 4. The predicted octanol–water partition coefficient (Wildman–Crippen LogP) is 5.00. The quantitative estimate of drug-likeness (QED) is 0.0816. The number of nitrogen functional groups attached to an aromatic ring is 1. The normalized spacial score (nSPS) is 22.3. The first-order valence-corrected chi connectivity index (χ1v) is 16.9. The van der Waals surface area contributed by atoms with Crippen molar-refractivity contribution in [1.29, 1.82) is 0 Å². The van der Waals surface area contributed by atoms with E-state index in [0.29, 0.717) is 5.69 Å². The standard InChI is InChI=1S/C30H35ClFN8O8P/c1-17(2)45-26(41)18(3)39-49(43,48-20-13-9-6-10-14-20)44-15-21-23(47-29(42)36-19-11-7-5-8-12-19)30(31,32)27(46-21)40-16-35-22-24(34-4)37-28(33)38-25(22)40/h5-14,16-18,21,23,27H,15H2,1-4H3,(H,36,42)(H,39,43)(H3,33,34,37,38)/t18-,21+,23+,27+,30+,49+/m0/s1. The number of hydrogen-bond acceptors (Lipinski definition) is 13. The Morgan fingerprint density at radius 2 is 1.80 bits per heavy atom. The average Bonchev–Trinajstić information content (AvgIpc) is 3.57. The highest BCUT2D eigenvalue weighted by Gasteiger charge is 2.61. The fourth-order valence-electron chi connectivity index (χ4n) is 4.82. The number of benzene rings is 2. The van der Waals surface area contributed by atoms with Crippen LogP contribution in [0.5, 0.6) is 5.75 Å². The van der Waals surface area contributed by atoms with Gasteiger partial charge in [-0.25, -0.2) is 18.7 Å². The number of hydrogen-bond donors (Lipinski definition) is 4. The first-order valence-electron chi connectivity index (χ1n) is 15.0. The summed E-state index contributed by atoms with van der Waals surface area (Å²) in [5.41, 5.74) is 6.51. The van der Waals surface area contributed by atoms with Crippen molar-refractivity contribution >= 4 is 60.0 Å². The number of amides is 1. The molecule has 5 rings (SSSR count). The van der Waals surface area contributed by atoms with Crippen LogP contribution in [-0.2, 0) is 28.1 Å². The van der Waals surface area contributed by atoms with E-state index < -0.39 is 62.1 Å². The number of ether oxygens (including phenoxy) is 3. The van der Waals surface area contributed by atoms with Gasteiger partial charge in [-0.1, -0.05) is 48.0 Å². The Balaban J connectivity index is 1.46. The third-order valence-corrected chi connectivity index (χ3v) is 9.01. The molecule has 0 aliphatic carbocycles. The zero-order valence-electron chi connectivity index (χ0n) is 26.8. The lowest BCUT2D eigenvalue weighted by molar-refractivity contribution is -0.149. The van der Waals surface area contributed by atoms with Crippen LogP contribution < -0.4 is 26.0 Å². The van der Waals surface area contributed by atoms with Crippen LogP contribution in [0.3, 0.4) is 0 Å². The summed E-state index contributed by atoms with van der Waals surface area (Å²) in [6, 6.07) is 15.1. The fourth-order valence-corrected chi connectivity index (χ4v) is 6.66. The van der Waals surface area contributed by atoms with E-state index in [-0.39, 0.29) is 28.7 Å². The number of carbonyl (C=O) groups excluding carboxylic acids is 2. The third kappa shape index (κ3) is 8.37. The van der Waals surface area contributed by atoms with Crippen molar-refractivity contribution in [3.63, 3.8) is 0 Å². The molecular weight excluding hydrogens is 686 g/mol. The maximum Gasteiger partial charge on any atom is 0.459 e. The van der Waals surface area contributed by atoms with Crippen LogP contribution in [-0.4, -0.2) is 74.7 Å². The molecule has 19 heteroatoms. The van der Waals surface area contributed by atoms with E-state index >= 15 is 4.39 Å². The molecule has 1 saturated heterocycles. The maximum atomic E-state index is 16.8. The van der Waals surface area contributed by atoms with Gasteiger partial charge in [-0.05, 0) is 45.0 Å². The number of imidazole rings is 1. The van der Waals surface area contributed by atoms with Crippen molar-refractivity contribution in [1.82, 2.24) is 24.6 Å². The highest BCUT2D eigenvalue weighted by atomic mass is 35.5. The van der Waals surface area contributed by atoms with Gasteiger partial charge in [0.15, 0.2) is 29.3 Å². The Bertz CT molecular complexity index is 1820. The number of anilines is 3. The number of nitrogens with one attached hydrogen (secondary N) is 3. The zero-order chi connectivity index (χ0) is 35.3. The van der Waals surface area contributed by atoms with Gasteiger partial charge in [0.05, 0.1) is 19.0 Å². The molecule has 6 atom stereocenters. The monoisotopic (exact) mass is 720 g/mol. The molecule has 49 heavy (non-hydrogen) atoms. The van der Waals surface area contributed by atoms with Gasteiger partial charge in [0.2, 0.25) is 5.95 Å². The molecule has 2 aromatic heterocycles. The molecule has 1 amide bonds. The molecule has 1 fully saturated rings. The van der Waals surface area contributed by atoms with Crippen molar-refractivity contribution in [2.45, 2.75) is 56.5 Å². The minimum Gasteiger partial charge on any atom is -0.462 e. The summed E-state index contributed by atoms with van der Waals surface area (Å²) in [4.78, 5) is 38.1. The average molecular weight is 721 g/mol. The Hall–Kier alpha value is -4.54. The lowest BCUT2D eigenvalue weighted by Gasteiger charge is -2.27. The van der Waals surface area contributed by atoms with Crippen LogP contribution in [0.4, 0.5) is 26.6 Å². The van der Waals surface area contributed by atoms with Crippen molar-refractivity contribution in [2.75, 3.05) is 30.0 Å². The number of para-hydroxylation sites is 2. The second-order valence-electron chi connectivity index (χ2n) is 11.1. The molecule has 0 saturated carbocycles. The summed E-state index contributed by atoms with van der Waals surface area (Å²) in [5.74, 6) is -0.504. The Morgan fingerprint density at radius 1 is 1.12 bits per heavy atom. The number of esters is 1. The molecule has 262 valence electrons. The molecule has 16 nitrogen and oxygen atoms in total. The summed E-state index contributed by atoms with van der Waals surface area (Å²) in [5, 5.41) is 4.89. The van der Waals surface area contributed by atoms with Crippen molar-refractivity contribution in [3.8, 4) is 5.75 Å². The molecule has 5 N–H and O–H groups in total. The molecular formula is C30H35ClFN8O8P. The zero-order valence-corrected chi connectivity index (χ0v) is 28.4. The van der Waals surface area contributed by atoms with E-state index in [2.05, 4.69) is 30.7 Å². The summed E-state index contributed by atoms with van der Waals surface area (Å²) in [6.45, 7) is 4.00. The molecule has 1 aliphatic rings. The summed E-state index contributed by atoms with van der Waals surface area (Å²) >= 11 is 6.53. The largest absolute Gasteiger partial charge is 0.462 e. The first-order chi connectivity index (χ1) is 23.3. The van der Waals surface area contributed by atoms with Crippen LogP contribution in [0.1, 0.15) is 27.0 Å². The van der Waals surface area contributed by atoms with E-state index in [4.69, 9.17) is 40.6 Å². The maximum absolute atomic E-state index is 16.8. The van der Waals surface area contributed by atoms with Gasteiger partial charge in [0.1, 0.15) is 17.9 Å². The third-order valence-electron chi connectivity index (χ3n) is 6.97. The highest BCUT2D eigenvalue weighted by molar-refractivity contribution is 7.52. The van der Waals surface area contributed by atoms with Crippen molar-refractivity contribution in [2.24, 2.45) is 0 Å². The van der Waals surface area contributed by atoms with Crippen LogP contribution in [0, 0.1) is 0 Å². The van der Waals surface area contributed by atoms with Gasteiger partial charge in [0.25, 0.3) is 5.13 Å². The Labute approximate surface area is 285 Å². The van der Waals surface area contributed by atoms with E-state index in [0.717, 1.165) is 4.57 Å². The minimum atomic E-state index is -4.46. The second kappa shape index (κ2) is 14.9. The first kappa shape index (κ1) is 35.8. The van der Waals surface area contributed by atoms with E-state index in [1.54, 1.807) is 69.4 Å². The van der Waals surface area contributed by atoms with Gasteiger partial charge >= 0.3 is 19.8 Å². The van der Waals surface area contributed by atoms with Gasteiger partial charge in [0, 0.05) is 12.7 Å². The van der Waals surface area contributed by atoms with Crippen LogP contribution in [0.15, 0.2) is 67.0 Å². The van der Waals surface area contributed by atoms with Gasteiger partial charge < -0.3 is 29.8 Å². The van der Waals surface area contributed by atoms with Gasteiger partial charge in [-0.2, -0.15) is 15.1 Å². The molecule has 4 aromatic rings. The number of fused-ring (bicyclic) bond motifs is 1. The van der Waals surface area contributed by atoms with Crippen LogP contribution in [0.2, 0.25) is 0 Å². The smallest absolute Gasteiger partial charge is 0.459 e. The Morgan fingerprint density at radius 3 is 2.45 bits per heavy atom. The van der Waals surface area contributed by atoms with Gasteiger partial charge in [-0.15, -0.1) is 0 Å².